The summed E-state index contributed by atoms with van der Waals surface area (Å²) in [4.78, 5) is 0. The van der Waals surface area contributed by atoms with Crippen LogP contribution >= 0.6 is 22.9 Å². The summed E-state index contributed by atoms with van der Waals surface area (Å²) in [6.45, 7) is 4.67. The molecule has 200 valence electrons. The second-order valence-electron chi connectivity index (χ2n) is 11.9. The van der Waals surface area contributed by atoms with Crippen LogP contribution in [0.2, 0.25) is 5.02 Å². The molecule has 0 N–H and O–H groups in total. The molecule has 1 nitrogen and oxygen atoms in total. The van der Waals surface area contributed by atoms with Crippen LogP contribution in [0.15, 0.2) is 121 Å². The topological polar surface area (TPSA) is 4.93 Å². The van der Waals surface area contributed by atoms with E-state index < -0.39 is 0 Å². The molecule has 0 radical (unpaired) electrons. The van der Waals surface area contributed by atoms with Gasteiger partial charge in [0.2, 0.25) is 0 Å². The van der Waals surface area contributed by atoms with Crippen LogP contribution in [0.3, 0.4) is 0 Å². The summed E-state index contributed by atoms with van der Waals surface area (Å²) in [5, 5.41) is 5.84. The SMILES string of the molecule is CC1(C)c2ccccc2-c2ccc(-n3c4ccc(-c5ccc6sc7ccccc7c6c5)cc4c4ccc(Cl)cc43)cc21. The van der Waals surface area contributed by atoms with Crippen molar-refractivity contribution >= 4 is 64.9 Å². The lowest BCUT2D eigenvalue weighted by atomic mass is 9.82. The number of rotatable bonds is 2. The first-order valence-electron chi connectivity index (χ1n) is 14.4. The van der Waals surface area contributed by atoms with Gasteiger partial charge < -0.3 is 4.57 Å². The molecule has 6 aromatic carbocycles. The average Bonchev–Trinajstić information content (AvgIpc) is 3.62. The van der Waals surface area contributed by atoms with Crippen molar-refractivity contribution < 1.29 is 0 Å². The van der Waals surface area contributed by atoms with E-state index in [1.165, 1.54) is 69.8 Å². The van der Waals surface area contributed by atoms with Crippen molar-refractivity contribution in [3.63, 3.8) is 0 Å². The monoisotopic (exact) mass is 575 g/mol. The fraction of sp³-hybridized carbons (Fsp3) is 0.0769. The second kappa shape index (κ2) is 8.58. The molecule has 0 saturated heterocycles. The maximum absolute atomic E-state index is 6.61. The molecule has 3 heteroatoms. The zero-order valence-corrected chi connectivity index (χ0v) is 24.9. The minimum atomic E-state index is -0.0595. The summed E-state index contributed by atoms with van der Waals surface area (Å²) in [5.41, 5.74) is 11.3. The molecule has 1 aliphatic carbocycles. The molecule has 9 rings (SSSR count). The molecule has 0 aliphatic heterocycles. The van der Waals surface area contributed by atoms with Crippen molar-refractivity contribution in [2.75, 3.05) is 0 Å². The number of nitrogens with zero attached hydrogens (tertiary/aromatic N) is 1. The fourth-order valence-corrected chi connectivity index (χ4v) is 8.44. The van der Waals surface area contributed by atoms with Gasteiger partial charge in [-0.25, -0.2) is 0 Å². The molecule has 0 unspecified atom stereocenters. The van der Waals surface area contributed by atoms with Crippen molar-refractivity contribution in [3.05, 3.63) is 137 Å². The summed E-state index contributed by atoms with van der Waals surface area (Å²) in [5.74, 6) is 0. The van der Waals surface area contributed by atoms with E-state index in [0.717, 1.165) is 16.2 Å². The number of aromatic nitrogens is 1. The molecular weight excluding hydrogens is 550 g/mol. The number of benzene rings is 6. The van der Waals surface area contributed by atoms with Gasteiger partial charge in [-0.05, 0) is 88.0 Å². The Labute approximate surface area is 253 Å². The van der Waals surface area contributed by atoms with Gasteiger partial charge in [0.25, 0.3) is 0 Å². The predicted octanol–water partition coefficient (Wildman–Crippen LogP) is 11.8. The lowest BCUT2D eigenvalue weighted by Crippen LogP contribution is -2.15. The second-order valence-corrected chi connectivity index (χ2v) is 13.5. The number of hydrogen-bond acceptors (Lipinski definition) is 1. The molecule has 0 bridgehead atoms. The zero-order valence-electron chi connectivity index (χ0n) is 23.3. The molecule has 0 fully saturated rings. The summed E-state index contributed by atoms with van der Waals surface area (Å²) in [7, 11) is 0. The quantitative estimate of drug-likeness (QED) is 0.193. The van der Waals surface area contributed by atoms with Crippen molar-refractivity contribution in [2.24, 2.45) is 0 Å². The molecule has 0 spiro atoms. The van der Waals surface area contributed by atoms with E-state index in [0.29, 0.717) is 0 Å². The van der Waals surface area contributed by atoms with E-state index in [-0.39, 0.29) is 5.41 Å². The highest BCUT2D eigenvalue weighted by Gasteiger charge is 2.35. The van der Waals surface area contributed by atoms with Crippen LogP contribution in [0.4, 0.5) is 0 Å². The number of thiophene rings is 1. The van der Waals surface area contributed by atoms with Crippen molar-refractivity contribution in [1.29, 1.82) is 0 Å². The fourth-order valence-electron chi connectivity index (χ4n) is 7.19. The van der Waals surface area contributed by atoms with Gasteiger partial charge >= 0.3 is 0 Å². The summed E-state index contributed by atoms with van der Waals surface area (Å²) in [6.07, 6.45) is 0. The molecule has 2 heterocycles. The maximum Gasteiger partial charge on any atom is 0.0555 e. The maximum atomic E-state index is 6.61. The van der Waals surface area contributed by atoms with Crippen LogP contribution in [0.5, 0.6) is 0 Å². The van der Waals surface area contributed by atoms with Gasteiger partial charge in [0, 0.05) is 47.1 Å². The van der Waals surface area contributed by atoms with Crippen molar-refractivity contribution in [1.82, 2.24) is 4.57 Å². The number of hydrogen-bond donors (Lipinski definition) is 0. The largest absolute Gasteiger partial charge is 0.309 e. The standard InChI is InChI=1S/C39H26ClNS/c1-39(2)33-9-5-3-7-27(33)28-16-14-26(22-34(28)39)41-35-17-11-23(19-31(35)29-15-13-25(40)21-36(29)41)24-12-18-38-32(20-24)30-8-4-6-10-37(30)42-38/h3-22H,1-2H3. The zero-order chi connectivity index (χ0) is 28.2. The Hall–Kier alpha value is -4.37. The first kappa shape index (κ1) is 24.2. The number of fused-ring (bicyclic) bond motifs is 9. The predicted molar refractivity (Wildman–Crippen MR) is 182 cm³/mol. The van der Waals surface area contributed by atoms with Crippen LogP contribution in [0.1, 0.15) is 25.0 Å². The van der Waals surface area contributed by atoms with Gasteiger partial charge in [-0.1, -0.05) is 92.2 Å². The van der Waals surface area contributed by atoms with Gasteiger partial charge in [-0.2, -0.15) is 0 Å². The van der Waals surface area contributed by atoms with Gasteiger partial charge in [-0.15, -0.1) is 11.3 Å². The molecule has 0 amide bonds. The van der Waals surface area contributed by atoms with E-state index in [4.69, 9.17) is 11.6 Å². The van der Waals surface area contributed by atoms with Gasteiger partial charge in [0.1, 0.15) is 0 Å². The van der Waals surface area contributed by atoms with E-state index in [1.807, 2.05) is 17.4 Å². The summed E-state index contributed by atoms with van der Waals surface area (Å²) < 4.78 is 5.05. The Bertz CT molecular complexity index is 2400. The Balaban J connectivity index is 1.26. The third-order valence-electron chi connectivity index (χ3n) is 9.26. The van der Waals surface area contributed by atoms with E-state index in [1.54, 1.807) is 0 Å². The lowest BCUT2D eigenvalue weighted by Gasteiger charge is -2.22. The van der Waals surface area contributed by atoms with Gasteiger partial charge in [0.15, 0.2) is 0 Å². The third-order valence-corrected chi connectivity index (χ3v) is 10.7. The van der Waals surface area contributed by atoms with Crippen molar-refractivity contribution in [2.45, 2.75) is 19.3 Å². The third kappa shape index (κ3) is 3.31. The highest BCUT2D eigenvalue weighted by atomic mass is 35.5. The molecule has 1 aliphatic rings. The van der Waals surface area contributed by atoms with Crippen LogP contribution in [0.25, 0.3) is 69.9 Å². The molecule has 0 atom stereocenters. The lowest BCUT2D eigenvalue weighted by molar-refractivity contribution is 0.660. The molecule has 42 heavy (non-hydrogen) atoms. The van der Waals surface area contributed by atoms with E-state index in [9.17, 15) is 0 Å². The van der Waals surface area contributed by atoms with Crippen LogP contribution in [-0.4, -0.2) is 4.57 Å². The normalized spacial score (nSPS) is 13.8. The Morgan fingerprint density at radius 2 is 1.29 bits per heavy atom. The minimum Gasteiger partial charge on any atom is -0.309 e. The molecule has 0 saturated carbocycles. The van der Waals surface area contributed by atoms with Crippen LogP contribution in [0, 0.1) is 0 Å². The first-order chi connectivity index (χ1) is 20.5. The highest BCUT2D eigenvalue weighted by Crippen LogP contribution is 2.49. The van der Waals surface area contributed by atoms with Crippen molar-refractivity contribution in [3.8, 4) is 27.9 Å². The average molecular weight is 576 g/mol. The minimum absolute atomic E-state index is 0.0595. The first-order valence-corrected chi connectivity index (χ1v) is 15.6. The molecule has 2 aromatic heterocycles. The Morgan fingerprint density at radius 1 is 0.548 bits per heavy atom. The highest BCUT2D eigenvalue weighted by molar-refractivity contribution is 7.25. The summed E-state index contributed by atoms with van der Waals surface area (Å²) >= 11 is 8.47. The summed E-state index contributed by atoms with van der Waals surface area (Å²) in [6, 6.07) is 44.5. The Kier molecular flexibility index (Phi) is 4.95. The van der Waals surface area contributed by atoms with Crippen LogP contribution < -0.4 is 0 Å². The van der Waals surface area contributed by atoms with Crippen LogP contribution in [-0.2, 0) is 5.41 Å². The van der Waals surface area contributed by atoms with Gasteiger partial charge in [-0.3, -0.25) is 0 Å². The molecule has 8 aromatic rings. The van der Waals surface area contributed by atoms with E-state index in [2.05, 4.69) is 134 Å². The molecular formula is C39H26ClNS. The van der Waals surface area contributed by atoms with Gasteiger partial charge in [0.05, 0.1) is 11.0 Å². The van der Waals surface area contributed by atoms with E-state index >= 15 is 0 Å². The smallest absolute Gasteiger partial charge is 0.0555 e. The number of halogens is 1. The Morgan fingerprint density at radius 3 is 2.19 bits per heavy atom.